The van der Waals surface area contributed by atoms with Crippen LogP contribution in [0.25, 0.3) is 0 Å². The molecule has 0 atom stereocenters. The van der Waals surface area contributed by atoms with Crippen molar-refractivity contribution in [1.29, 1.82) is 0 Å². The molecule has 0 aromatic carbocycles. The Kier molecular flexibility index (Phi) is 10.6. The molecule has 0 spiro atoms. The molecule has 0 unspecified atom stereocenters. The van der Waals surface area contributed by atoms with Gasteiger partial charge in [0.15, 0.2) is 0 Å². The number of hydrogen-bond acceptors (Lipinski definition) is 3. The monoisotopic (exact) mass is 202 g/mol. The standard InChI is InChI=1S/C6H10O2.C4H8O2/c1-3-4-5(2)6(7)8;1-3-6-4(2)5/h4H,3H2,1-2H3,(H,7,8);3H2,1-2H3. The van der Waals surface area contributed by atoms with E-state index in [4.69, 9.17) is 5.11 Å². The molecule has 0 radical (unpaired) electrons. The maximum absolute atomic E-state index is 10.0. The molecule has 0 fully saturated rings. The number of carbonyl (C=O) groups excluding carboxylic acids is 1. The molecule has 0 aromatic heterocycles. The van der Waals surface area contributed by atoms with Crippen molar-refractivity contribution in [3.63, 3.8) is 0 Å². The van der Waals surface area contributed by atoms with Crippen molar-refractivity contribution in [1.82, 2.24) is 0 Å². The Morgan fingerprint density at radius 2 is 1.79 bits per heavy atom. The third-order valence-electron chi connectivity index (χ3n) is 1.20. The van der Waals surface area contributed by atoms with E-state index in [1.807, 2.05) is 6.92 Å². The van der Waals surface area contributed by atoms with Crippen LogP contribution in [-0.2, 0) is 14.3 Å². The zero-order valence-electron chi connectivity index (χ0n) is 9.16. The maximum Gasteiger partial charge on any atom is 0.330 e. The quantitative estimate of drug-likeness (QED) is 0.561. The normalized spacial score (nSPS) is 9.86. The first-order chi connectivity index (χ1) is 6.45. The van der Waals surface area contributed by atoms with Gasteiger partial charge in [0, 0.05) is 12.5 Å². The summed E-state index contributed by atoms with van der Waals surface area (Å²) in [6.45, 7) is 7.15. The first kappa shape index (κ1) is 15.2. The number of hydrogen-bond donors (Lipinski definition) is 1. The third kappa shape index (κ3) is 13.3. The lowest BCUT2D eigenvalue weighted by atomic mass is 10.2. The second-order valence-corrected chi connectivity index (χ2v) is 2.53. The fourth-order valence-corrected chi connectivity index (χ4v) is 0.597. The lowest BCUT2D eigenvalue weighted by Crippen LogP contribution is -1.95. The molecule has 4 heteroatoms. The van der Waals surface area contributed by atoms with Gasteiger partial charge in [0.2, 0.25) is 0 Å². The molecule has 14 heavy (non-hydrogen) atoms. The first-order valence-electron chi connectivity index (χ1n) is 4.49. The van der Waals surface area contributed by atoms with Gasteiger partial charge >= 0.3 is 11.9 Å². The zero-order chi connectivity index (χ0) is 11.6. The lowest BCUT2D eigenvalue weighted by Gasteiger charge is -1.89. The molecule has 0 aromatic rings. The molecule has 0 amide bonds. The van der Waals surface area contributed by atoms with Crippen LogP contribution in [-0.4, -0.2) is 23.7 Å². The Hall–Kier alpha value is -1.32. The summed E-state index contributed by atoms with van der Waals surface area (Å²) in [6, 6.07) is 0. The third-order valence-corrected chi connectivity index (χ3v) is 1.20. The number of esters is 1. The van der Waals surface area contributed by atoms with Gasteiger partial charge in [-0.25, -0.2) is 4.79 Å². The fourth-order valence-electron chi connectivity index (χ4n) is 0.597. The van der Waals surface area contributed by atoms with Gasteiger partial charge in [-0.3, -0.25) is 4.79 Å². The summed E-state index contributed by atoms with van der Waals surface area (Å²) < 4.78 is 4.40. The van der Waals surface area contributed by atoms with E-state index < -0.39 is 5.97 Å². The summed E-state index contributed by atoms with van der Waals surface area (Å²) in [5.74, 6) is -1.04. The second-order valence-electron chi connectivity index (χ2n) is 2.53. The zero-order valence-corrected chi connectivity index (χ0v) is 9.16. The SMILES string of the molecule is CCC=C(C)C(=O)O.CCOC(C)=O. The molecule has 0 saturated carbocycles. The highest BCUT2D eigenvalue weighted by Crippen LogP contribution is 1.92. The summed E-state index contributed by atoms with van der Waals surface area (Å²) in [5, 5.41) is 8.24. The van der Waals surface area contributed by atoms with E-state index in [0.717, 1.165) is 6.42 Å². The molecule has 4 nitrogen and oxygen atoms in total. The van der Waals surface area contributed by atoms with Gasteiger partial charge in [0.25, 0.3) is 0 Å². The van der Waals surface area contributed by atoms with Gasteiger partial charge in [-0.2, -0.15) is 0 Å². The van der Waals surface area contributed by atoms with Gasteiger partial charge < -0.3 is 9.84 Å². The molecular formula is C10H18O4. The number of rotatable bonds is 3. The van der Waals surface area contributed by atoms with Crippen molar-refractivity contribution in [3.8, 4) is 0 Å². The molecule has 1 N–H and O–H groups in total. The molecule has 0 aliphatic heterocycles. The smallest absolute Gasteiger partial charge is 0.330 e. The van der Waals surface area contributed by atoms with Crippen LogP contribution in [0.4, 0.5) is 0 Å². The Labute approximate surface area is 84.6 Å². The highest BCUT2D eigenvalue weighted by molar-refractivity contribution is 5.85. The first-order valence-corrected chi connectivity index (χ1v) is 4.49. The van der Waals surface area contributed by atoms with E-state index in [1.165, 1.54) is 6.92 Å². The van der Waals surface area contributed by atoms with Crippen LogP contribution in [0.3, 0.4) is 0 Å². The van der Waals surface area contributed by atoms with Crippen LogP contribution in [0, 0.1) is 0 Å². The highest BCUT2D eigenvalue weighted by Gasteiger charge is 1.94. The summed E-state index contributed by atoms with van der Waals surface area (Å²) in [5.41, 5.74) is 0.424. The van der Waals surface area contributed by atoms with Gasteiger partial charge in [-0.1, -0.05) is 13.0 Å². The number of allylic oxidation sites excluding steroid dienone is 1. The summed E-state index contributed by atoms with van der Waals surface area (Å²) in [4.78, 5) is 19.8. The van der Waals surface area contributed by atoms with Gasteiger partial charge in [-0.15, -0.1) is 0 Å². The largest absolute Gasteiger partial charge is 0.478 e. The van der Waals surface area contributed by atoms with Crippen molar-refractivity contribution in [3.05, 3.63) is 11.6 Å². The number of carbonyl (C=O) groups is 2. The van der Waals surface area contributed by atoms with Crippen LogP contribution in [0.5, 0.6) is 0 Å². The van der Waals surface area contributed by atoms with Gasteiger partial charge in [0.05, 0.1) is 6.61 Å². The van der Waals surface area contributed by atoms with Crippen LogP contribution in [0.15, 0.2) is 11.6 Å². The van der Waals surface area contributed by atoms with Crippen LogP contribution in [0.1, 0.15) is 34.1 Å². The van der Waals surface area contributed by atoms with Crippen molar-refractivity contribution in [2.75, 3.05) is 6.61 Å². The van der Waals surface area contributed by atoms with Crippen molar-refractivity contribution in [2.24, 2.45) is 0 Å². The molecule has 0 aliphatic carbocycles. The average Bonchev–Trinajstić information content (AvgIpc) is 2.05. The van der Waals surface area contributed by atoms with Crippen LogP contribution in [0.2, 0.25) is 0 Å². The van der Waals surface area contributed by atoms with E-state index in [0.29, 0.717) is 12.2 Å². The average molecular weight is 202 g/mol. The molecular weight excluding hydrogens is 184 g/mol. The number of aliphatic carboxylic acids is 1. The summed E-state index contributed by atoms with van der Waals surface area (Å²) in [6.07, 6.45) is 2.47. The molecule has 0 rings (SSSR count). The molecule has 0 bridgehead atoms. The molecule has 82 valence electrons. The highest BCUT2D eigenvalue weighted by atomic mass is 16.5. The topological polar surface area (TPSA) is 63.6 Å². The van der Waals surface area contributed by atoms with E-state index in [-0.39, 0.29) is 5.97 Å². The fraction of sp³-hybridized carbons (Fsp3) is 0.600. The minimum Gasteiger partial charge on any atom is -0.478 e. The predicted molar refractivity (Wildman–Crippen MR) is 54.0 cm³/mol. The predicted octanol–water partition coefficient (Wildman–Crippen LogP) is 2.00. The Bertz CT molecular complexity index is 206. The van der Waals surface area contributed by atoms with Crippen molar-refractivity contribution < 1.29 is 19.4 Å². The van der Waals surface area contributed by atoms with Crippen molar-refractivity contribution >= 4 is 11.9 Å². The maximum atomic E-state index is 10.0. The summed E-state index contributed by atoms with van der Waals surface area (Å²) in [7, 11) is 0. The number of ether oxygens (including phenoxy) is 1. The van der Waals surface area contributed by atoms with Gasteiger partial charge in [-0.05, 0) is 20.3 Å². The summed E-state index contributed by atoms with van der Waals surface area (Å²) >= 11 is 0. The molecule has 0 aliphatic rings. The second kappa shape index (κ2) is 9.77. The van der Waals surface area contributed by atoms with Crippen LogP contribution < -0.4 is 0 Å². The number of carboxylic acids is 1. The van der Waals surface area contributed by atoms with E-state index in [1.54, 1.807) is 19.9 Å². The molecule has 0 heterocycles. The van der Waals surface area contributed by atoms with Crippen molar-refractivity contribution in [2.45, 2.75) is 34.1 Å². The Morgan fingerprint density at radius 3 is 1.86 bits per heavy atom. The van der Waals surface area contributed by atoms with Gasteiger partial charge in [0.1, 0.15) is 0 Å². The Morgan fingerprint density at radius 1 is 1.29 bits per heavy atom. The minimum absolute atomic E-state index is 0.211. The lowest BCUT2D eigenvalue weighted by molar-refractivity contribution is -0.140. The van der Waals surface area contributed by atoms with E-state index in [2.05, 4.69) is 4.74 Å². The minimum atomic E-state index is -0.827. The Balaban J connectivity index is 0. The van der Waals surface area contributed by atoms with E-state index >= 15 is 0 Å². The van der Waals surface area contributed by atoms with E-state index in [9.17, 15) is 9.59 Å². The van der Waals surface area contributed by atoms with Crippen LogP contribution >= 0.6 is 0 Å². The molecule has 0 saturated heterocycles. The number of carboxylic acid groups (broad SMARTS) is 1.